The Balaban J connectivity index is 1.72. The third-order valence-electron chi connectivity index (χ3n) is 6.21. The zero-order chi connectivity index (χ0) is 21.9. The first-order valence-corrected chi connectivity index (χ1v) is 10.9. The summed E-state index contributed by atoms with van der Waals surface area (Å²) in [5, 5.41) is 0.594. The highest BCUT2D eigenvalue weighted by Crippen LogP contribution is 2.38. The van der Waals surface area contributed by atoms with Gasteiger partial charge in [-0.05, 0) is 50.8 Å². The van der Waals surface area contributed by atoms with Gasteiger partial charge in [0.05, 0.1) is 28.8 Å². The molecule has 0 bridgehead atoms. The number of aryl methyl sites for hydroxylation is 1. The normalized spacial score (nSPS) is 21.6. The minimum absolute atomic E-state index is 0.0610. The van der Waals surface area contributed by atoms with Crippen LogP contribution in [0.25, 0.3) is 22.2 Å². The van der Waals surface area contributed by atoms with E-state index < -0.39 is 5.82 Å². The summed E-state index contributed by atoms with van der Waals surface area (Å²) in [6, 6.07) is 6.25. The molecule has 0 spiro atoms. The average Bonchev–Trinajstić information content (AvgIpc) is 3.56. The Morgan fingerprint density at radius 2 is 1.97 bits per heavy atom. The van der Waals surface area contributed by atoms with Gasteiger partial charge in [0.25, 0.3) is 5.56 Å². The SMILES string of the molecule is Cc1nc2cc(N3CC(C4CC4)O[C@@H](C)C3)nc(-c3ccc(Cl)cc3F)c2c(=O)n1C. The zero-order valence-corrected chi connectivity index (χ0v) is 18.5. The lowest BCUT2D eigenvalue weighted by molar-refractivity contribution is -0.0273. The molecule has 1 aromatic carbocycles. The van der Waals surface area contributed by atoms with E-state index in [0.717, 1.165) is 6.54 Å². The fourth-order valence-corrected chi connectivity index (χ4v) is 4.48. The quantitative estimate of drug-likeness (QED) is 0.611. The fraction of sp³-hybridized carbons (Fsp3) is 0.435. The topological polar surface area (TPSA) is 60.2 Å². The molecule has 1 saturated carbocycles. The third kappa shape index (κ3) is 3.70. The van der Waals surface area contributed by atoms with Crippen molar-refractivity contribution >= 4 is 28.3 Å². The van der Waals surface area contributed by atoms with Gasteiger partial charge in [-0.2, -0.15) is 0 Å². The lowest BCUT2D eigenvalue weighted by atomic mass is 10.1. The van der Waals surface area contributed by atoms with E-state index in [0.29, 0.717) is 35.0 Å². The number of benzene rings is 1. The summed E-state index contributed by atoms with van der Waals surface area (Å²) >= 11 is 5.96. The van der Waals surface area contributed by atoms with Gasteiger partial charge in [0.15, 0.2) is 0 Å². The van der Waals surface area contributed by atoms with E-state index in [9.17, 15) is 9.18 Å². The van der Waals surface area contributed by atoms with Crippen LogP contribution in [0.3, 0.4) is 0 Å². The van der Waals surface area contributed by atoms with Crippen molar-refractivity contribution in [2.24, 2.45) is 13.0 Å². The maximum absolute atomic E-state index is 14.9. The maximum atomic E-state index is 14.9. The van der Waals surface area contributed by atoms with E-state index in [1.54, 1.807) is 26.1 Å². The molecule has 3 aromatic rings. The molecule has 2 atom stereocenters. The number of hydrogen-bond donors (Lipinski definition) is 0. The molecule has 1 aliphatic carbocycles. The number of halogens is 2. The van der Waals surface area contributed by atoms with E-state index in [4.69, 9.17) is 21.3 Å². The first-order valence-electron chi connectivity index (χ1n) is 10.6. The number of pyridine rings is 1. The van der Waals surface area contributed by atoms with Gasteiger partial charge in [-0.1, -0.05) is 11.6 Å². The number of hydrogen-bond acceptors (Lipinski definition) is 5. The number of fused-ring (bicyclic) bond motifs is 1. The van der Waals surface area contributed by atoms with Crippen molar-refractivity contribution in [2.75, 3.05) is 18.0 Å². The Morgan fingerprint density at radius 3 is 2.68 bits per heavy atom. The molecule has 1 aliphatic heterocycles. The predicted octanol–water partition coefficient (Wildman–Crippen LogP) is 4.10. The van der Waals surface area contributed by atoms with Gasteiger partial charge in [-0.25, -0.2) is 14.4 Å². The summed E-state index contributed by atoms with van der Waals surface area (Å²) in [6.45, 7) is 5.23. The lowest BCUT2D eigenvalue weighted by Crippen LogP contribution is -2.48. The molecule has 0 N–H and O–H groups in total. The summed E-state index contributed by atoms with van der Waals surface area (Å²) in [7, 11) is 1.66. The van der Waals surface area contributed by atoms with Crippen molar-refractivity contribution in [1.82, 2.24) is 14.5 Å². The van der Waals surface area contributed by atoms with Crippen LogP contribution in [0.15, 0.2) is 29.1 Å². The summed E-state index contributed by atoms with van der Waals surface area (Å²) < 4.78 is 22.5. The highest BCUT2D eigenvalue weighted by atomic mass is 35.5. The Labute approximate surface area is 184 Å². The number of anilines is 1. The van der Waals surface area contributed by atoms with Crippen LogP contribution in [-0.2, 0) is 11.8 Å². The van der Waals surface area contributed by atoms with Crippen LogP contribution in [0.2, 0.25) is 5.02 Å². The molecular weight excluding hydrogens is 419 g/mol. The van der Waals surface area contributed by atoms with Gasteiger partial charge in [0.1, 0.15) is 17.5 Å². The summed E-state index contributed by atoms with van der Waals surface area (Å²) in [5.74, 6) is 1.33. The Kier molecular flexibility index (Phi) is 4.98. The lowest BCUT2D eigenvalue weighted by Gasteiger charge is -2.38. The molecule has 0 amide bonds. The Bertz CT molecular complexity index is 1240. The molecule has 162 valence electrons. The summed E-state index contributed by atoms with van der Waals surface area (Å²) in [5.41, 5.74) is 0.783. The number of nitrogens with zero attached hydrogens (tertiary/aromatic N) is 4. The van der Waals surface area contributed by atoms with Crippen molar-refractivity contribution in [2.45, 2.75) is 38.9 Å². The minimum atomic E-state index is -0.521. The predicted molar refractivity (Wildman–Crippen MR) is 119 cm³/mol. The number of ether oxygens (including phenoxy) is 1. The van der Waals surface area contributed by atoms with Gasteiger partial charge in [-0.15, -0.1) is 0 Å². The second-order valence-electron chi connectivity index (χ2n) is 8.60. The largest absolute Gasteiger partial charge is 0.371 e. The van der Waals surface area contributed by atoms with E-state index >= 15 is 0 Å². The summed E-state index contributed by atoms with van der Waals surface area (Å²) in [4.78, 5) is 24.7. The Morgan fingerprint density at radius 1 is 1.19 bits per heavy atom. The summed E-state index contributed by atoms with van der Waals surface area (Å²) in [6.07, 6.45) is 2.60. The van der Waals surface area contributed by atoms with Crippen LogP contribution in [0.4, 0.5) is 10.2 Å². The molecule has 1 saturated heterocycles. The molecule has 2 aliphatic rings. The van der Waals surface area contributed by atoms with E-state index in [1.165, 1.54) is 23.5 Å². The van der Waals surface area contributed by atoms with Gasteiger partial charge >= 0.3 is 0 Å². The number of rotatable bonds is 3. The molecule has 31 heavy (non-hydrogen) atoms. The third-order valence-corrected chi connectivity index (χ3v) is 6.45. The second kappa shape index (κ2) is 7.57. The fourth-order valence-electron chi connectivity index (χ4n) is 4.32. The molecule has 5 rings (SSSR count). The van der Waals surface area contributed by atoms with E-state index in [2.05, 4.69) is 16.8 Å². The van der Waals surface area contributed by atoms with Crippen LogP contribution in [-0.4, -0.2) is 39.8 Å². The van der Waals surface area contributed by atoms with Crippen LogP contribution in [0.1, 0.15) is 25.6 Å². The number of morpholine rings is 1. The van der Waals surface area contributed by atoms with Gasteiger partial charge in [-0.3, -0.25) is 9.36 Å². The standard InChI is InChI=1S/C23H24ClFN4O2/c1-12-10-29(11-19(31-12)14-4-5-14)20-9-18-21(23(30)28(3)13(2)26-18)22(27-20)16-7-6-15(24)8-17(16)25/h6-9,12,14,19H,4-5,10-11H2,1-3H3/t12-,19?/m0/s1. The van der Waals surface area contributed by atoms with Crippen LogP contribution < -0.4 is 10.5 Å². The minimum Gasteiger partial charge on any atom is -0.371 e. The van der Waals surface area contributed by atoms with Crippen molar-refractivity contribution in [3.8, 4) is 11.3 Å². The highest BCUT2D eigenvalue weighted by Gasteiger charge is 2.38. The van der Waals surface area contributed by atoms with Crippen LogP contribution in [0, 0.1) is 18.7 Å². The van der Waals surface area contributed by atoms with Crippen molar-refractivity contribution in [1.29, 1.82) is 0 Å². The smallest absolute Gasteiger partial charge is 0.263 e. The first kappa shape index (κ1) is 20.4. The highest BCUT2D eigenvalue weighted by molar-refractivity contribution is 6.30. The molecule has 8 heteroatoms. The van der Waals surface area contributed by atoms with Gasteiger partial charge < -0.3 is 9.64 Å². The van der Waals surface area contributed by atoms with E-state index in [-0.39, 0.29) is 34.0 Å². The molecule has 2 aromatic heterocycles. The van der Waals surface area contributed by atoms with Crippen molar-refractivity contribution in [3.63, 3.8) is 0 Å². The van der Waals surface area contributed by atoms with Gasteiger partial charge in [0.2, 0.25) is 0 Å². The Hall–Kier alpha value is -2.51. The van der Waals surface area contributed by atoms with Crippen molar-refractivity contribution < 1.29 is 9.13 Å². The molecule has 6 nitrogen and oxygen atoms in total. The zero-order valence-electron chi connectivity index (χ0n) is 17.7. The van der Waals surface area contributed by atoms with Gasteiger partial charge in [0, 0.05) is 36.8 Å². The second-order valence-corrected chi connectivity index (χ2v) is 9.03. The average molecular weight is 443 g/mol. The maximum Gasteiger partial charge on any atom is 0.263 e. The molecular formula is C23H24ClFN4O2. The first-order chi connectivity index (χ1) is 14.8. The molecule has 3 heterocycles. The molecule has 0 radical (unpaired) electrons. The van der Waals surface area contributed by atoms with E-state index in [1.807, 2.05) is 6.07 Å². The van der Waals surface area contributed by atoms with Crippen LogP contribution in [0.5, 0.6) is 0 Å². The van der Waals surface area contributed by atoms with Crippen molar-refractivity contribution in [3.05, 3.63) is 51.3 Å². The molecule has 1 unspecified atom stereocenters. The number of aromatic nitrogens is 3. The molecule has 2 fully saturated rings. The monoisotopic (exact) mass is 442 g/mol. The van der Waals surface area contributed by atoms with Crippen LogP contribution >= 0.6 is 11.6 Å².